The van der Waals surface area contributed by atoms with Crippen molar-refractivity contribution in [2.45, 2.75) is 31.9 Å². The van der Waals surface area contributed by atoms with Crippen LogP contribution in [-0.4, -0.2) is 27.4 Å². The van der Waals surface area contributed by atoms with Gasteiger partial charge < -0.3 is 33.8 Å². The van der Waals surface area contributed by atoms with E-state index in [-0.39, 0.29) is 18.4 Å². The summed E-state index contributed by atoms with van der Waals surface area (Å²) in [6.45, 7) is 0.675. The monoisotopic (exact) mass is 500 g/mol. The van der Waals surface area contributed by atoms with Crippen LogP contribution in [0.25, 0.3) is 0 Å². The van der Waals surface area contributed by atoms with E-state index < -0.39 is 59.4 Å². The van der Waals surface area contributed by atoms with Crippen LogP contribution < -0.4 is 30.8 Å². The van der Waals surface area contributed by atoms with Gasteiger partial charge in [0, 0.05) is 18.2 Å². The summed E-state index contributed by atoms with van der Waals surface area (Å²) >= 11 is 0. The smallest absolute Gasteiger partial charge is 0.328 e. The predicted molar refractivity (Wildman–Crippen MR) is 92.6 cm³/mol. The lowest BCUT2D eigenvalue weighted by Crippen LogP contribution is -2.33. The molecule has 1 aliphatic carbocycles. The van der Waals surface area contributed by atoms with Crippen molar-refractivity contribution in [2.75, 3.05) is 6.61 Å². The van der Waals surface area contributed by atoms with E-state index in [1.165, 1.54) is 13.1 Å². The first-order valence-electron chi connectivity index (χ1n) is 8.30. The number of rotatable bonds is 8. The van der Waals surface area contributed by atoms with Gasteiger partial charge in [-0.1, -0.05) is 5.92 Å². The molecule has 15 nitrogen and oxygen atoms in total. The third-order valence-electron chi connectivity index (χ3n) is 4.10. The molecule has 0 bridgehead atoms. The molecule has 1 saturated carbocycles. The zero-order valence-electron chi connectivity index (χ0n) is 15.6. The Labute approximate surface area is 174 Å². The van der Waals surface area contributed by atoms with Crippen LogP contribution in [0.3, 0.4) is 0 Å². The highest BCUT2D eigenvalue weighted by atomic mass is 31.3. The fourth-order valence-electron chi connectivity index (χ4n) is 2.93. The van der Waals surface area contributed by atoms with Crippen LogP contribution in [0, 0.1) is 17.8 Å². The molecule has 18 heteroatoms. The first-order chi connectivity index (χ1) is 14.1. The molecule has 1 aromatic heterocycles. The van der Waals surface area contributed by atoms with E-state index in [0.717, 1.165) is 4.57 Å². The topological polar surface area (TPSA) is 246 Å². The van der Waals surface area contributed by atoms with Gasteiger partial charge in [0.25, 0.3) is 21.2 Å². The number of aliphatic hydroxyl groups excluding tert-OH is 1. The van der Waals surface area contributed by atoms with Gasteiger partial charge in [0.1, 0.15) is 5.56 Å². The molecule has 5 atom stereocenters. The fraction of sp³-hybridized carbons (Fsp3) is 0.538. The lowest BCUT2D eigenvalue weighted by molar-refractivity contribution is -0.339. The molecular weight excluding hydrogens is 485 g/mol. The van der Waals surface area contributed by atoms with Crippen LogP contribution in [0.5, 0.6) is 0 Å². The summed E-state index contributed by atoms with van der Waals surface area (Å²) in [6.07, 6.45) is -0.0617. The molecule has 3 unspecified atom stereocenters. The van der Waals surface area contributed by atoms with Crippen molar-refractivity contribution in [1.29, 1.82) is 0 Å². The number of aliphatic hydroxyl groups is 1. The number of hydrogen-bond donors (Lipinski definition) is 2. The van der Waals surface area contributed by atoms with Gasteiger partial charge in [0.2, 0.25) is 0 Å². The molecule has 2 N–H and O–H groups in total. The van der Waals surface area contributed by atoms with Crippen LogP contribution in [0.1, 0.15) is 31.4 Å². The van der Waals surface area contributed by atoms with Gasteiger partial charge in [0.05, 0.1) is 20.5 Å². The Balaban J connectivity index is 2.08. The van der Waals surface area contributed by atoms with Gasteiger partial charge in [-0.15, -0.1) is 5.92 Å². The number of aromatic nitrogens is 2. The summed E-state index contributed by atoms with van der Waals surface area (Å²) < 4.78 is 45.0. The lowest BCUT2D eigenvalue weighted by Gasteiger charge is -2.37. The summed E-state index contributed by atoms with van der Waals surface area (Å²) in [4.78, 5) is 69.2. The minimum atomic E-state index is -6.11. The lowest BCUT2D eigenvalue weighted by atomic mass is 10.1. The molecule has 0 amide bonds. The average Bonchev–Trinajstić information content (AvgIpc) is 2.93. The van der Waals surface area contributed by atoms with Crippen molar-refractivity contribution in [3.8, 4) is 11.8 Å². The average molecular weight is 500 g/mol. The van der Waals surface area contributed by atoms with E-state index in [1.807, 2.05) is 0 Å². The molecule has 1 fully saturated rings. The number of nitrogens with one attached hydrogen (secondary N) is 1. The molecule has 0 spiro atoms. The maximum Gasteiger partial charge on any atom is 0.328 e. The van der Waals surface area contributed by atoms with Crippen molar-refractivity contribution in [3.05, 3.63) is 32.6 Å². The molecular formula is C13H15N2O13P3-4. The first-order valence-corrected chi connectivity index (χ1v) is 12.7. The normalized spacial score (nSPS) is 25.3. The van der Waals surface area contributed by atoms with Crippen molar-refractivity contribution in [3.63, 3.8) is 0 Å². The molecule has 0 aliphatic heterocycles. The molecule has 0 aromatic carbocycles. The highest BCUT2D eigenvalue weighted by Crippen LogP contribution is 2.60. The maximum absolute atomic E-state index is 12.1. The Kier molecular flexibility index (Phi) is 8.03. The van der Waals surface area contributed by atoms with E-state index in [0.29, 0.717) is 0 Å². The molecule has 1 aliphatic rings. The molecule has 0 radical (unpaired) electrons. The number of H-pyrrole nitrogens is 1. The van der Waals surface area contributed by atoms with Crippen LogP contribution >= 0.6 is 23.5 Å². The van der Waals surface area contributed by atoms with Crippen molar-refractivity contribution < 1.29 is 51.5 Å². The minimum Gasteiger partial charge on any atom is -0.790 e. The number of nitrogens with zero attached hydrogens (tertiary/aromatic N) is 1. The third kappa shape index (κ3) is 7.61. The summed E-state index contributed by atoms with van der Waals surface area (Å²) in [6, 6.07) is -0.682. The van der Waals surface area contributed by atoms with Crippen LogP contribution in [0.4, 0.5) is 0 Å². The fourth-order valence-corrected chi connectivity index (χ4v) is 5.84. The zero-order chi connectivity index (χ0) is 23.6. The van der Waals surface area contributed by atoms with Crippen molar-refractivity contribution >= 4 is 23.5 Å². The van der Waals surface area contributed by atoms with Gasteiger partial charge in [-0.25, -0.2) is 9.11 Å². The first kappa shape index (κ1) is 25.9. The van der Waals surface area contributed by atoms with Gasteiger partial charge in [-0.3, -0.25) is 27.8 Å². The Morgan fingerprint density at radius 3 is 2.39 bits per heavy atom. The summed E-state index contributed by atoms with van der Waals surface area (Å²) in [5, 5.41) is 10.1. The van der Waals surface area contributed by atoms with Gasteiger partial charge in [0.15, 0.2) is 0 Å². The number of phosphoric ester groups is 1. The standard InChI is InChI=1S/C13H19N2O13P3/c1-2-3-8-6-15(13(18)14-12(8)17)10-4-9(11(16)5-10)7-26-30(22,23)28-31(24,25)27-29(19,20)21/h6,9-11,16H,4-5,7H2,1H3,(H,22,23)(H,24,25)(H,14,17,18)(H2,19,20,21)/p-4/t9-,10-,11?/m1/s1. The third-order valence-corrected chi connectivity index (χ3v) is 7.77. The van der Waals surface area contributed by atoms with Gasteiger partial charge >= 0.3 is 5.69 Å². The highest BCUT2D eigenvalue weighted by molar-refractivity contribution is 7.64. The van der Waals surface area contributed by atoms with Crippen molar-refractivity contribution in [2.24, 2.45) is 5.92 Å². The van der Waals surface area contributed by atoms with E-state index in [2.05, 4.69) is 30.0 Å². The highest BCUT2D eigenvalue weighted by Gasteiger charge is 2.36. The molecule has 2 rings (SSSR count). The predicted octanol–water partition coefficient (Wildman–Crippen LogP) is -2.96. The summed E-state index contributed by atoms with van der Waals surface area (Å²) in [7, 11) is -17.9. The second-order valence-electron chi connectivity index (χ2n) is 6.34. The van der Waals surface area contributed by atoms with Crippen LogP contribution in [-0.2, 0) is 26.8 Å². The number of phosphoric acid groups is 3. The van der Waals surface area contributed by atoms with E-state index >= 15 is 0 Å². The quantitative estimate of drug-likeness (QED) is 0.268. The number of hydrogen-bond acceptors (Lipinski definition) is 13. The number of aromatic amines is 1. The Morgan fingerprint density at radius 1 is 1.16 bits per heavy atom. The Bertz CT molecular complexity index is 1140. The van der Waals surface area contributed by atoms with Crippen molar-refractivity contribution in [1.82, 2.24) is 9.55 Å². The summed E-state index contributed by atoms with van der Waals surface area (Å²) in [5.74, 6) is 4.08. The van der Waals surface area contributed by atoms with E-state index in [1.54, 1.807) is 0 Å². The second kappa shape index (κ2) is 9.62. The summed E-state index contributed by atoms with van der Waals surface area (Å²) in [5.41, 5.74) is -1.50. The van der Waals surface area contributed by atoms with Crippen LogP contribution in [0.2, 0.25) is 0 Å². The second-order valence-corrected chi connectivity index (χ2v) is 10.6. The molecule has 31 heavy (non-hydrogen) atoms. The minimum absolute atomic E-state index is 0.00557. The van der Waals surface area contributed by atoms with Crippen LogP contribution in [0.15, 0.2) is 15.8 Å². The SMILES string of the molecule is CC#Cc1cn([C@H]2CC(O)[C@@H](COP(=O)([O-])OP(=O)([O-])OP(=O)([O-])[O-])C2)c(=O)[nH]c1=O. The Hall–Kier alpha value is -1.39. The molecule has 1 heterocycles. The van der Waals surface area contributed by atoms with Gasteiger partial charge in [-0.05, 0) is 19.8 Å². The van der Waals surface area contributed by atoms with E-state index in [9.17, 15) is 48.0 Å². The molecule has 0 saturated heterocycles. The molecule has 1 aromatic rings. The maximum atomic E-state index is 12.1. The Morgan fingerprint density at radius 2 is 1.81 bits per heavy atom. The van der Waals surface area contributed by atoms with E-state index in [4.69, 9.17) is 0 Å². The zero-order valence-corrected chi connectivity index (χ0v) is 18.2. The largest absolute Gasteiger partial charge is 0.790 e. The molecule has 174 valence electrons. The van der Waals surface area contributed by atoms with Gasteiger partial charge in [-0.2, -0.15) is 0 Å².